The molecule has 1 aromatic heterocycles. The molecule has 0 bridgehead atoms. The molecule has 1 amide bonds. The van der Waals surface area contributed by atoms with E-state index in [1.54, 1.807) is 31.2 Å². The summed E-state index contributed by atoms with van der Waals surface area (Å²) < 4.78 is 10.8. The Morgan fingerprint density at radius 2 is 1.92 bits per heavy atom. The van der Waals surface area contributed by atoms with Gasteiger partial charge in [-0.05, 0) is 44.9 Å². The Kier molecular flexibility index (Phi) is 6.02. The second-order valence-electron chi connectivity index (χ2n) is 6.45. The van der Waals surface area contributed by atoms with E-state index >= 15 is 0 Å². The number of carbonyl (C=O) groups is 2. The zero-order valence-electron chi connectivity index (χ0n) is 15.5. The number of carbonyl (C=O) groups excluding carboxylic acids is 1. The molecule has 1 atom stereocenters. The standard InChI is InChI=1S/C19H24N2O5/c1-5-19(4,18(23)24)20-17(22)10-14-6-8-15(9-7-14)25-11-16-12(2)21-26-13(16)3/h6-9H,5,10-11H2,1-4H3,(H,20,22)(H,23,24). The van der Waals surface area contributed by atoms with Gasteiger partial charge in [0.15, 0.2) is 0 Å². The predicted octanol–water partition coefficient (Wildman–Crippen LogP) is 2.78. The normalized spacial score (nSPS) is 13.1. The highest BCUT2D eigenvalue weighted by atomic mass is 16.5. The zero-order valence-corrected chi connectivity index (χ0v) is 15.5. The quantitative estimate of drug-likeness (QED) is 0.750. The number of ether oxygens (including phenoxy) is 1. The number of hydrogen-bond acceptors (Lipinski definition) is 5. The Hall–Kier alpha value is -2.83. The average molecular weight is 360 g/mol. The van der Waals surface area contributed by atoms with Gasteiger partial charge in [0.05, 0.1) is 17.7 Å². The van der Waals surface area contributed by atoms with Crippen LogP contribution < -0.4 is 10.1 Å². The van der Waals surface area contributed by atoms with Crippen molar-refractivity contribution in [1.29, 1.82) is 0 Å². The fourth-order valence-electron chi connectivity index (χ4n) is 2.40. The second kappa shape index (κ2) is 8.03. The maximum Gasteiger partial charge on any atom is 0.329 e. The Balaban J connectivity index is 1.93. The van der Waals surface area contributed by atoms with Crippen LogP contribution in [0.1, 0.15) is 42.8 Å². The molecule has 0 radical (unpaired) electrons. The molecule has 26 heavy (non-hydrogen) atoms. The minimum absolute atomic E-state index is 0.104. The number of nitrogens with one attached hydrogen (secondary N) is 1. The fourth-order valence-corrected chi connectivity index (χ4v) is 2.40. The zero-order chi connectivity index (χ0) is 19.3. The third kappa shape index (κ3) is 4.62. The van der Waals surface area contributed by atoms with E-state index in [0.717, 1.165) is 22.6 Å². The number of carboxylic acid groups (broad SMARTS) is 1. The summed E-state index contributed by atoms with van der Waals surface area (Å²) in [7, 11) is 0. The van der Waals surface area contributed by atoms with Gasteiger partial charge in [-0.2, -0.15) is 0 Å². The number of hydrogen-bond donors (Lipinski definition) is 2. The minimum Gasteiger partial charge on any atom is -0.489 e. The Labute approximate surface area is 152 Å². The summed E-state index contributed by atoms with van der Waals surface area (Å²) in [6.45, 7) is 7.27. The van der Waals surface area contributed by atoms with Crippen LogP contribution in [-0.2, 0) is 22.6 Å². The molecular formula is C19H24N2O5. The number of aryl methyl sites for hydroxylation is 2. The molecule has 0 aliphatic carbocycles. The maximum atomic E-state index is 12.1. The van der Waals surface area contributed by atoms with Crippen molar-refractivity contribution >= 4 is 11.9 Å². The molecule has 1 unspecified atom stereocenters. The molecule has 1 aromatic carbocycles. The number of aromatic nitrogens is 1. The molecule has 0 fully saturated rings. The molecule has 0 aliphatic rings. The lowest BCUT2D eigenvalue weighted by atomic mass is 9.98. The number of benzene rings is 1. The summed E-state index contributed by atoms with van der Waals surface area (Å²) in [4.78, 5) is 23.4. The maximum absolute atomic E-state index is 12.1. The third-order valence-corrected chi connectivity index (χ3v) is 4.45. The molecule has 140 valence electrons. The van der Waals surface area contributed by atoms with Crippen molar-refractivity contribution in [3.63, 3.8) is 0 Å². The molecule has 2 rings (SSSR count). The first-order chi connectivity index (χ1) is 12.2. The lowest BCUT2D eigenvalue weighted by molar-refractivity contribution is -0.146. The monoisotopic (exact) mass is 360 g/mol. The number of amides is 1. The topological polar surface area (TPSA) is 102 Å². The Morgan fingerprint density at radius 3 is 2.42 bits per heavy atom. The smallest absolute Gasteiger partial charge is 0.329 e. The molecular weight excluding hydrogens is 336 g/mol. The lowest BCUT2D eigenvalue weighted by Crippen LogP contribution is -2.52. The summed E-state index contributed by atoms with van der Waals surface area (Å²) in [5, 5.41) is 15.7. The number of rotatable bonds is 8. The second-order valence-corrected chi connectivity index (χ2v) is 6.45. The molecule has 0 aliphatic heterocycles. The molecule has 0 saturated carbocycles. The van der Waals surface area contributed by atoms with Crippen molar-refractivity contribution in [2.24, 2.45) is 0 Å². The first-order valence-corrected chi connectivity index (χ1v) is 8.43. The van der Waals surface area contributed by atoms with E-state index in [1.807, 2.05) is 13.8 Å². The van der Waals surface area contributed by atoms with Crippen LogP contribution in [-0.4, -0.2) is 27.7 Å². The summed E-state index contributed by atoms with van der Waals surface area (Å²) >= 11 is 0. The minimum atomic E-state index is -1.26. The van der Waals surface area contributed by atoms with Gasteiger partial charge in [-0.3, -0.25) is 4.79 Å². The summed E-state index contributed by atoms with van der Waals surface area (Å²) in [6, 6.07) is 7.12. The van der Waals surface area contributed by atoms with Crippen LogP contribution in [0.3, 0.4) is 0 Å². The lowest BCUT2D eigenvalue weighted by Gasteiger charge is -2.24. The average Bonchev–Trinajstić information content (AvgIpc) is 2.92. The van der Waals surface area contributed by atoms with Crippen LogP contribution in [0.15, 0.2) is 28.8 Å². The van der Waals surface area contributed by atoms with Crippen LogP contribution in [0, 0.1) is 13.8 Å². The Morgan fingerprint density at radius 1 is 1.27 bits per heavy atom. The van der Waals surface area contributed by atoms with Gasteiger partial charge in [-0.15, -0.1) is 0 Å². The van der Waals surface area contributed by atoms with Crippen LogP contribution in [0.25, 0.3) is 0 Å². The van der Waals surface area contributed by atoms with Crippen molar-refractivity contribution in [2.75, 3.05) is 0 Å². The first kappa shape index (κ1) is 19.5. The van der Waals surface area contributed by atoms with Crippen molar-refractivity contribution in [2.45, 2.75) is 52.7 Å². The third-order valence-electron chi connectivity index (χ3n) is 4.45. The van der Waals surface area contributed by atoms with Crippen molar-refractivity contribution < 1.29 is 24.0 Å². The first-order valence-electron chi connectivity index (χ1n) is 8.43. The van der Waals surface area contributed by atoms with E-state index in [4.69, 9.17) is 9.26 Å². The molecule has 1 heterocycles. The van der Waals surface area contributed by atoms with Crippen molar-refractivity contribution in [1.82, 2.24) is 10.5 Å². The van der Waals surface area contributed by atoms with Gasteiger partial charge in [0.25, 0.3) is 0 Å². The summed E-state index contributed by atoms with van der Waals surface area (Å²) in [5.74, 6) is 0.0175. The van der Waals surface area contributed by atoms with Gasteiger partial charge in [0.2, 0.25) is 5.91 Å². The van der Waals surface area contributed by atoms with Gasteiger partial charge < -0.3 is 19.7 Å². The summed E-state index contributed by atoms with van der Waals surface area (Å²) in [6.07, 6.45) is 0.412. The van der Waals surface area contributed by atoms with E-state index in [-0.39, 0.29) is 12.3 Å². The van der Waals surface area contributed by atoms with E-state index < -0.39 is 11.5 Å². The van der Waals surface area contributed by atoms with Crippen LogP contribution >= 0.6 is 0 Å². The van der Waals surface area contributed by atoms with Gasteiger partial charge in [-0.25, -0.2) is 4.79 Å². The van der Waals surface area contributed by atoms with Crippen molar-refractivity contribution in [3.05, 3.63) is 46.8 Å². The van der Waals surface area contributed by atoms with Gasteiger partial charge in [-0.1, -0.05) is 24.2 Å². The highest BCUT2D eigenvalue weighted by Crippen LogP contribution is 2.18. The van der Waals surface area contributed by atoms with E-state index in [0.29, 0.717) is 18.8 Å². The number of carboxylic acids is 1. The molecule has 2 aromatic rings. The molecule has 0 spiro atoms. The number of nitrogens with zero attached hydrogens (tertiary/aromatic N) is 1. The molecule has 7 heteroatoms. The molecule has 0 saturated heterocycles. The highest BCUT2D eigenvalue weighted by molar-refractivity contribution is 5.87. The highest BCUT2D eigenvalue weighted by Gasteiger charge is 2.32. The van der Waals surface area contributed by atoms with Gasteiger partial charge in [0, 0.05) is 0 Å². The summed E-state index contributed by atoms with van der Waals surface area (Å²) in [5.41, 5.74) is 1.24. The van der Waals surface area contributed by atoms with E-state index in [1.165, 1.54) is 6.92 Å². The van der Waals surface area contributed by atoms with Gasteiger partial charge >= 0.3 is 5.97 Å². The van der Waals surface area contributed by atoms with E-state index in [2.05, 4.69) is 10.5 Å². The SMILES string of the molecule is CCC(C)(NC(=O)Cc1ccc(OCc2c(C)noc2C)cc1)C(=O)O. The van der Waals surface area contributed by atoms with Gasteiger partial charge in [0.1, 0.15) is 23.7 Å². The van der Waals surface area contributed by atoms with Crippen LogP contribution in [0.4, 0.5) is 0 Å². The van der Waals surface area contributed by atoms with Crippen LogP contribution in [0.5, 0.6) is 5.75 Å². The van der Waals surface area contributed by atoms with E-state index in [9.17, 15) is 14.7 Å². The molecule has 2 N–H and O–H groups in total. The largest absolute Gasteiger partial charge is 0.489 e. The van der Waals surface area contributed by atoms with Crippen LogP contribution in [0.2, 0.25) is 0 Å². The predicted molar refractivity (Wildman–Crippen MR) is 94.9 cm³/mol. The fraction of sp³-hybridized carbons (Fsp3) is 0.421. The number of aliphatic carboxylic acids is 1. The Bertz CT molecular complexity index is 762. The molecule has 7 nitrogen and oxygen atoms in total. The van der Waals surface area contributed by atoms with Crippen molar-refractivity contribution in [3.8, 4) is 5.75 Å².